The number of primary amides is 1. The van der Waals surface area contributed by atoms with Crippen LogP contribution < -0.4 is 11.5 Å². The molecule has 0 unspecified atom stereocenters. The number of aromatic hydroxyl groups is 1. The number of nitrogens with zero attached hydrogens (tertiary/aromatic N) is 3. The molecular formula is C22H21N5O2. The van der Waals surface area contributed by atoms with Crippen molar-refractivity contribution >= 4 is 39.5 Å². The van der Waals surface area contributed by atoms with Crippen molar-refractivity contribution < 1.29 is 9.90 Å². The fourth-order valence-electron chi connectivity index (χ4n) is 3.62. The summed E-state index contributed by atoms with van der Waals surface area (Å²) in [4.78, 5) is 21.6. The van der Waals surface area contributed by atoms with Crippen LogP contribution in [0.25, 0.3) is 33.5 Å². The van der Waals surface area contributed by atoms with Crippen LogP contribution >= 0.6 is 0 Å². The zero-order chi connectivity index (χ0) is 21.0. The lowest BCUT2D eigenvalue weighted by Gasteiger charge is -2.15. The molecule has 0 bridgehead atoms. The second-order valence-electron chi connectivity index (χ2n) is 7.21. The molecule has 1 amide bonds. The van der Waals surface area contributed by atoms with Crippen LogP contribution in [0.3, 0.4) is 0 Å². The van der Waals surface area contributed by atoms with Crippen molar-refractivity contribution in [3.05, 3.63) is 59.2 Å². The Balaban J connectivity index is 2.18. The van der Waals surface area contributed by atoms with Crippen molar-refractivity contribution in [1.82, 2.24) is 14.5 Å². The SMILES string of the molecule is C=C(C)c1ccc2nc3c(nc2c1)c(C(N)=O)c(N)n3-c1c(C)ccc(O)c1C. The van der Waals surface area contributed by atoms with E-state index in [0.29, 0.717) is 33.4 Å². The number of phenolic OH excluding ortho intramolecular Hbond substituents is 1. The molecule has 2 heterocycles. The fourth-order valence-corrected chi connectivity index (χ4v) is 3.62. The molecule has 0 saturated carbocycles. The number of carbonyl (C=O) groups is 1. The van der Waals surface area contributed by atoms with E-state index in [1.807, 2.05) is 32.0 Å². The number of nitrogens with two attached hydrogens (primary N) is 2. The number of allylic oxidation sites excluding steroid dienone is 1. The van der Waals surface area contributed by atoms with E-state index < -0.39 is 5.91 Å². The first-order chi connectivity index (χ1) is 13.7. The third-order valence-electron chi connectivity index (χ3n) is 5.16. The Hall–Kier alpha value is -3.87. The number of fused-ring (bicyclic) bond motifs is 2. The minimum atomic E-state index is -0.689. The van der Waals surface area contributed by atoms with Crippen molar-refractivity contribution in [3.8, 4) is 11.4 Å². The summed E-state index contributed by atoms with van der Waals surface area (Å²) in [6, 6.07) is 9.03. The van der Waals surface area contributed by atoms with Crippen molar-refractivity contribution in [1.29, 1.82) is 0 Å². The first-order valence-electron chi connectivity index (χ1n) is 9.07. The van der Waals surface area contributed by atoms with Crippen LogP contribution in [0, 0.1) is 13.8 Å². The van der Waals surface area contributed by atoms with E-state index in [-0.39, 0.29) is 17.1 Å². The minimum Gasteiger partial charge on any atom is -0.508 e. The Morgan fingerprint density at radius 1 is 1.14 bits per heavy atom. The van der Waals surface area contributed by atoms with Crippen molar-refractivity contribution in [3.63, 3.8) is 0 Å². The highest BCUT2D eigenvalue weighted by atomic mass is 16.3. The number of carbonyl (C=O) groups excluding carboxylic acids is 1. The number of benzene rings is 2. The van der Waals surface area contributed by atoms with Gasteiger partial charge in [0.25, 0.3) is 5.91 Å². The molecule has 146 valence electrons. The molecule has 0 spiro atoms. The average molecular weight is 387 g/mol. The maximum Gasteiger partial charge on any atom is 0.254 e. The summed E-state index contributed by atoms with van der Waals surface area (Å²) in [6.07, 6.45) is 0. The lowest BCUT2D eigenvalue weighted by Crippen LogP contribution is -2.14. The summed E-state index contributed by atoms with van der Waals surface area (Å²) in [5.74, 6) is -0.432. The number of hydrogen-bond acceptors (Lipinski definition) is 5. The Bertz CT molecular complexity index is 1350. The van der Waals surface area contributed by atoms with Crippen molar-refractivity contribution in [2.45, 2.75) is 20.8 Å². The van der Waals surface area contributed by atoms with Crippen LogP contribution in [0.2, 0.25) is 0 Å². The van der Waals surface area contributed by atoms with E-state index in [4.69, 9.17) is 16.5 Å². The molecule has 0 aliphatic rings. The fraction of sp³-hybridized carbons (Fsp3) is 0.136. The summed E-state index contributed by atoms with van der Waals surface area (Å²) in [6.45, 7) is 9.53. The maximum absolute atomic E-state index is 12.2. The van der Waals surface area contributed by atoms with Gasteiger partial charge >= 0.3 is 0 Å². The van der Waals surface area contributed by atoms with Gasteiger partial charge in [0.15, 0.2) is 5.65 Å². The monoisotopic (exact) mass is 387 g/mol. The van der Waals surface area contributed by atoms with E-state index in [1.165, 1.54) is 0 Å². The highest BCUT2D eigenvalue weighted by Crippen LogP contribution is 2.35. The normalized spacial score (nSPS) is 11.3. The third kappa shape index (κ3) is 2.70. The molecule has 0 saturated heterocycles. The second-order valence-corrected chi connectivity index (χ2v) is 7.21. The van der Waals surface area contributed by atoms with Gasteiger partial charge in [0, 0.05) is 5.56 Å². The molecule has 5 N–H and O–H groups in total. The Morgan fingerprint density at radius 2 is 1.86 bits per heavy atom. The molecule has 7 nitrogen and oxygen atoms in total. The highest BCUT2D eigenvalue weighted by molar-refractivity contribution is 6.10. The largest absolute Gasteiger partial charge is 0.508 e. The maximum atomic E-state index is 12.2. The predicted molar refractivity (Wildman–Crippen MR) is 115 cm³/mol. The van der Waals surface area contributed by atoms with Gasteiger partial charge in [-0.15, -0.1) is 0 Å². The van der Waals surface area contributed by atoms with Gasteiger partial charge in [0.05, 0.1) is 16.7 Å². The number of aromatic nitrogens is 3. The number of nitrogen functional groups attached to an aromatic ring is 1. The molecule has 0 radical (unpaired) electrons. The minimum absolute atomic E-state index is 0.109. The second kappa shape index (κ2) is 6.34. The molecule has 0 fully saturated rings. The first kappa shape index (κ1) is 18.5. The lowest BCUT2D eigenvalue weighted by atomic mass is 10.1. The number of anilines is 1. The van der Waals surface area contributed by atoms with Crippen molar-refractivity contribution in [2.24, 2.45) is 5.73 Å². The van der Waals surface area contributed by atoms with Crippen LogP contribution in [-0.2, 0) is 0 Å². The standard InChI is InChI=1S/C22H21N5O2/c1-10(2)13-6-7-14-15(9-13)25-18-17(21(24)29)20(23)27(22(18)26-14)19-11(3)5-8-16(28)12(19)4/h5-9,28H,1,23H2,2-4H3,(H2,24,29). The lowest BCUT2D eigenvalue weighted by molar-refractivity contribution is 0.100. The number of amides is 1. The number of hydrogen-bond donors (Lipinski definition) is 3. The summed E-state index contributed by atoms with van der Waals surface area (Å²) >= 11 is 0. The molecule has 29 heavy (non-hydrogen) atoms. The van der Waals surface area contributed by atoms with Gasteiger partial charge < -0.3 is 16.6 Å². The number of phenols is 1. The molecule has 0 aliphatic heterocycles. The Labute approximate surface area is 167 Å². The van der Waals surface area contributed by atoms with Crippen LogP contribution in [0.5, 0.6) is 5.75 Å². The quantitative estimate of drug-likeness (QED) is 0.496. The Kier molecular flexibility index (Phi) is 4.04. The van der Waals surface area contributed by atoms with Gasteiger partial charge in [-0.25, -0.2) is 9.97 Å². The van der Waals surface area contributed by atoms with E-state index in [9.17, 15) is 9.90 Å². The van der Waals surface area contributed by atoms with Crippen molar-refractivity contribution in [2.75, 3.05) is 5.73 Å². The third-order valence-corrected chi connectivity index (χ3v) is 5.16. The zero-order valence-electron chi connectivity index (χ0n) is 16.4. The van der Waals surface area contributed by atoms with Crippen LogP contribution in [0.15, 0.2) is 36.9 Å². The summed E-state index contributed by atoms with van der Waals surface area (Å²) in [5, 5.41) is 10.2. The first-order valence-corrected chi connectivity index (χ1v) is 9.07. The topological polar surface area (TPSA) is 120 Å². The van der Waals surface area contributed by atoms with Gasteiger partial charge in [-0.3, -0.25) is 9.36 Å². The van der Waals surface area contributed by atoms with Gasteiger partial charge in [-0.2, -0.15) is 0 Å². The molecular weight excluding hydrogens is 366 g/mol. The van der Waals surface area contributed by atoms with Crippen LogP contribution in [0.4, 0.5) is 5.82 Å². The van der Waals surface area contributed by atoms with Gasteiger partial charge in [-0.05, 0) is 50.1 Å². The molecule has 2 aromatic carbocycles. The van der Waals surface area contributed by atoms with E-state index >= 15 is 0 Å². The number of aryl methyl sites for hydroxylation is 1. The van der Waals surface area contributed by atoms with Crippen LogP contribution in [0.1, 0.15) is 34.0 Å². The summed E-state index contributed by atoms with van der Waals surface area (Å²) in [7, 11) is 0. The Morgan fingerprint density at radius 3 is 2.52 bits per heavy atom. The highest BCUT2D eigenvalue weighted by Gasteiger charge is 2.25. The smallest absolute Gasteiger partial charge is 0.254 e. The molecule has 2 aromatic heterocycles. The zero-order valence-corrected chi connectivity index (χ0v) is 16.4. The average Bonchev–Trinajstić information content (AvgIpc) is 2.94. The molecule has 0 aliphatic carbocycles. The number of rotatable bonds is 3. The predicted octanol–water partition coefficient (Wildman–Crippen LogP) is 3.61. The summed E-state index contributed by atoms with van der Waals surface area (Å²) in [5.41, 5.74) is 18.0. The van der Waals surface area contributed by atoms with Gasteiger partial charge in [-0.1, -0.05) is 24.3 Å². The molecule has 7 heteroatoms. The van der Waals surface area contributed by atoms with Gasteiger partial charge in [0.1, 0.15) is 22.6 Å². The van der Waals surface area contributed by atoms with E-state index in [0.717, 1.165) is 16.7 Å². The molecule has 0 atom stereocenters. The molecule has 4 aromatic rings. The van der Waals surface area contributed by atoms with Crippen LogP contribution in [-0.4, -0.2) is 25.5 Å². The molecule has 4 rings (SSSR count). The van der Waals surface area contributed by atoms with Gasteiger partial charge in [0.2, 0.25) is 0 Å². The van der Waals surface area contributed by atoms with E-state index in [1.54, 1.807) is 23.6 Å². The van der Waals surface area contributed by atoms with E-state index in [2.05, 4.69) is 11.6 Å². The summed E-state index contributed by atoms with van der Waals surface area (Å²) < 4.78 is 1.64.